The van der Waals surface area contributed by atoms with Crippen molar-refractivity contribution in [2.24, 2.45) is 11.8 Å². The van der Waals surface area contributed by atoms with Gasteiger partial charge in [0.05, 0.1) is 18.1 Å². The molecule has 0 radical (unpaired) electrons. The molecule has 0 spiro atoms. The molecule has 44 heavy (non-hydrogen) atoms. The molecule has 6 atom stereocenters. The predicted molar refractivity (Wildman–Crippen MR) is 144 cm³/mol. The Kier molecular flexibility index (Phi) is 10.8. The smallest absolute Gasteiger partial charge is 0.329 e. The molecule has 12 nitrogen and oxygen atoms in total. The summed E-state index contributed by atoms with van der Waals surface area (Å²) >= 11 is 0. The van der Waals surface area contributed by atoms with Crippen LogP contribution in [0.5, 0.6) is 5.75 Å². The van der Waals surface area contributed by atoms with E-state index in [2.05, 4.69) is 20.6 Å². The molecule has 1 unspecified atom stereocenters. The first-order chi connectivity index (χ1) is 20.5. The van der Waals surface area contributed by atoms with Crippen LogP contribution in [0.4, 0.5) is 17.6 Å². The number of cyclic esters (lactones) is 1. The van der Waals surface area contributed by atoms with Crippen LogP contribution in [-0.2, 0) is 25.5 Å². The maximum atomic E-state index is 14.6. The summed E-state index contributed by atoms with van der Waals surface area (Å²) in [5, 5.41) is 25.9. The number of likely N-dealkylation sites (N-methyl/N-ethyl adjacent to an activating group) is 1. The molecular weight excluding hydrogens is 594 g/mol. The Bertz CT molecular complexity index is 1430. The monoisotopic (exact) mass is 627 g/mol. The molecule has 16 heteroatoms. The number of carbonyl (C=O) groups is 4. The number of esters is 1. The van der Waals surface area contributed by atoms with Crippen LogP contribution in [0.2, 0.25) is 0 Å². The lowest BCUT2D eigenvalue weighted by atomic mass is 9.90. The molecule has 1 aliphatic heterocycles. The second kappa shape index (κ2) is 14.0. The number of hydrogen-bond donors (Lipinski definition) is 4. The van der Waals surface area contributed by atoms with Crippen molar-refractivity contribution >= 4 is 23.7 Å². The third-order valence-corrected chi connectivity index (χ3v) is 7.27. The minimum atomic E-state index is -2.10. The summed E-state index contributed by atoms with van der Waals surface area (Å²) in [5.41, 5.74) is -1.63. The summed E-state index contributed by atoms with van der Waals surface area (Å²) in [4.78, 5) is 60.8. The molecule has 1 saturated heterocycles. The van der Waals surface area contributed by atoms with Crippen LogP contribution in [0.3, 0.4) is 0 Å². The highest BCUT2D eigenvalue weighted by Gasteiger charge is 2.42. The predicted octanol–water partition coefficient (Wildman–Crippen LogP) is 1.38. The zero-order chi connectivity index (χ0) is 33.0. The van der Waals surface area contributed by atoms with Gasteiger partial charge < -0.3 is 30.5 Å². The third-order valence-electron chi connectivity index (χ3n) is 7.27. The van der Waals surface area contributed by atoms with Gasteiger partial charge in [0.15, 0.2) is 11.5 Å². The number of rotatable bonds is 6. The van der Waals surface area contributed by atoms with Crippen LogP contribution in [0.1, 0.15) is 50.2 Å². The van der Waals surface area contributed by atoms with Gasteiger partial charge in [-0.15, -0.1) is 0 Å². The molecule has 2 aromatic rings. The van der Waals surface area contributed by atoms with E-state index in [1.807, 2.05) is 0 Å². The van der Waals surface area contributed by atoms with E-state index in [0.29, 0.717) is 0 Å². The number of aliphatic hydroxyl groups is 1. The molecule has 1 fully saturated rings. The van der Waals surface area contributed by atoms with Crippen LogP contribution >= 0.6 is 0 Å². The molecule has 3 amide bonds. The number of nitrogens with zero attached hydrogens (tertiary/aromatic N) is 3. The number of aromatic nitrogens is 2. The van der Waals surface area contributed by atoms with Crippen LogP contribution in [0.25, 0.3) is 0 Å². The van der Waals surface area contributed by atoms with E-state index in [9.17, 15) is 47.0 Å². The van der Waals surface area contributed by atoms with Gasteiger partial charge in [0, 0.05) is 25.2 Å². The average Bonchev–Trinajstić information content (AvgIpc) is 2.96. The van der Waals surface area contributed by atoms with Crippen LogP contribution in [0.15, 0.2) is 18.3 Å². The summed E-state index contributed by atoms with van der Waals surface area (Å²) < 4.78 is 62.1. The van der Waals surface area contributed by atoms with Gasteiger partial charge in [-0.2, -0.15) is 18.2 Å². The fourth-order valence-corrected chi connectivity index (χ4v) is 4.78. The van der Waals surface area contributed by atoms with Gasteiger partial charge in [-0.05, 0) is 31.4 Å². The van der Waals surface area contributed by atoms with E-state index < -0.39 is 107 Å². The molecule has 0 saturated carbocycles. The first-order valence-corrected chi connectivity index (χ1v) is 13.6. The van der Waals surface area contributed by atoms with Gasteiger partial charge in [0.1, 0.15) is 23.9 Å². The zero-order valence-electron chi connectivity index (χ0n) is 24.5. The van der Waals surface area contributed by atoms with E-state index in [-0.39, 0.29) is 12.3 Å². The van der Waals surface area contributed by atoms with E-state index in [4.69, 9.17) is 4.74 Å². The second-order valence-corrected chi connectivity index (χ2v) is 11.0. The van der Waals surface area contributed by atoms with E-state index >= 15 is 0 Å². The number of nitrogens with one attached hydrogen (secondary N) is 2. The van der Waals surface area contributed by atoms with Gasteiger partial charge in [0.2, 0.25) is 23.6 Å². The van der Waals surface area contributed by atoms with Crippen molar-refractivity contribution in [2.75, 3.05) is 7.05 Å². The maximum absolute atomic E-state index is 14.6. The molecule has 1 aliphatic rings. The molecule has 0 aliphatic carbocycles. The average molecular weight is 628 g/mol. The Morgan fingerprint density at radius 3 is 2.41 bits per heavy atom. The van der Waals surface area contributed by atoms with Gasteiger partial charge in [0.25, 0.3) is 11.9 Å². The fraction of sp³-hybridized carbons (Fsp3) is 0.500. The number of ether oxygens (including phenoxy) is 1. The second-order valence-electron chi connectivity index (χ2n) is 11.0. The lowest BCUT2D eigenvalue weighted by molar-refractivity contribution is -0.163. The molecule has 240 valence electrons. The summed E-state index contributed by atoms with van der Waals surface area (Å²) in [6, 6.07) is -2.22. The SMILES string of the molecule is CC(C)CC1C(=O)O[C@H](C)[C@H](NC(=O)c2ncccc2O)C(=O)N[C@@H](Cc2c(F)nc(F)c(F)c2F)[C@@H](O)[C@@H](C)C(=O)N1C. The van der Waals surface area contributed by atoms with E-state index in [1.165, 1.54) is 33.2 Å². The molecule has 3 heterocycles. The maximum Gasteiger partial charge on any atom is 0.329 e. The normalized spacial score (nSPS) is 25.2. The Morgan fingerprint density at radius 2 is 1.80 bits per heavy atom. The Balaban J connectivity index is 2.11. The van der Waals surface area contributed by atoms with Crippen molar-refractivity contribution in [2.45, 2.75) is 70.9 Å². The van der Waals surface area contributed by atoms with Crippen molar-refractivity contribution in [3.8, 4) is 5.75 Å². The van der Waals surface area contributed by atoms with Crippen molar-refractivity contribution < 1.29 is 51.7 Å². The highest BCUT2D eigenvalue weighted by atomic mass is 19.2. The standard InChI is InChI=1S/C28H33F4N5O7/c1-11(2)9-16-28(43)44-13(4)20(35-26(41)21-17(38)7-6-8-33-21)25(40)34-15(22(39)12(3)27(42)37(16)5)10-14-18(29)19(30)24(32)36-23(14)31/h6-8,11-13,15-16,20,22,38-39H,9-10H2,1-5H3,(H,34,40)(H,35,41)/t12-,13-,15+,16?,20+,22+/m1/s1. The number of halogens is 4. The van der Waals surface area contributed by atoms with Crippen molar-refractivity contribution in [3.63, 3.8) is 0 Å². The minimum absolute atomic E-state index is 0.0992. The van der Waals surface area contributed by atoms with Gasteiger partial charge >= 0.3 is 5.97 Å². The lowest BCUT2D eigenvalue weighted by Crippen LogP contribution is -2.61. The molecule has 0 aromatic carbocycles. The van der Waals surface area contributed by atoms with Gasteiger partial charge in [-0.3, -0.25) is 14.4 Å². The summed E-state index contributed by atoms with van der Waals surface area (Å²) in [6.07, 6.45) is -3.09. The summed E-state index contributed by atoms with van der Waals surface area (Å²) in [7, 11) is 1.28. The summed E-state index contributed by atoms with van der Waals surface area (Å²) in [5.74, 6) is -13.9. The molecule has 2 aromatic heterocycles. The number of aromatic hydroxyl groups is 1. The van der Waals surface area contributed by atoms with Gasteiger partial charge in [-0.1, -0.05) is 20.8 Å². The van der Waals surface area contributed by atoms with Crippen LogP contribution in [-0.4, -0.2) is 86.2 Å². The quantitative estimate of drug-likeness (QED) is 0.210. The largest absolute Gasteiger partial charge is 0.505 e. The molecular formula is C28H33F4N5O7. The fourth-order valence-electron chi connectivity index (χ4n) is 4.78. The highest BCUT2D eigenvalue weighted by Crippen LogP contribution is 2.24. The van der Waals surface area contributed by atoms with E-state index in [0.717, 1.165) is 11.0 Å². The van der Waals surface area contributed by atoms with Crippen molar-refractivity contribution in [1.82, 2.24) is 25.5 Å². The topological polar surface area (TPSA) is 171 Å². The number of amides is 3. The molecule has 4 N–H and O–H groups in total. The number of aliphatic hydroxyl groups excluding tert-OH is 1. The van der Waals surface area contributed by atoms with Crippen LogP contribution < -0.4 is 10.6 Å². The van der Waals surface area contributed by atoms with E-state index in [1.54, 1.807) is 13.8 Å². The first kappa shape index (κ1) is 34.2. The Morgan fingerprint density at radius 1 is 1.14 bits per heavy atom. The lowest BCUT2D eigenvalue weighted by Gasteiger charge is -2.36. The third kappa shape index (κ3) is 7.41. The highest BCUT2D eigenvalue weighted by molar-refractivity contribution is 5.98. The zero-order valence-corrected chi connectivity index (χ0v) is 24.5. The summed E-state index contributed by atoms with van der Waals surface area (Å²) in [6.45, 7) is 6.02. The molecule has 3 rings (SSSR count). The first-order valence-electron chi connectivity index (χ1n) is 13.6. The Hall–Kier alpha value is -4.34. The van der Waals surface area contributed by atoms with Crippen molar-refractivity contribution in [3.05, 3.63) is 53.1 Å². The molecule has 0 bridgehead atoms. The minimum Gasteiger partial charge on any atom is -0.505 e. The van der Waals surface area contributed by atoms with Crippen LogP contribution in [0, 0.1) is 35.4 Å². The number of pyridine rings is 2. The number of hydrogen-bond acceptors (Lipinski definition) is 9. The Labute approximate surface area is 249 Å². The number of carbonyl (C=O) groups excluding carboxylic acids is 4. The van der Waals surface area contributed by atoms with Crippen molar-refractivity contribution in [1.29, 1.82) is 0 Å². The van der Waals surface area contributed by atoms with Gasteiger partial charge in [-0.25, -0.2) is 14.2 Å².